The zero-order chi connectivity index (χ0) is 19.7. The molecule has 0 saturated heterocycles. The fourth-order valence-electron chi connectivity index (χ4n) is 1.99. The molecule has 0 rings (SSSR count). The highest BCUT2D eigenvalue weighted by Gasteiger charge is 2.29. The molecule has 7 N–H and O–H groups in total. The van der Waals surface area contributed by atoms with E-state index in [2.05, 4.69) is 10.6 Å². The number of aliphatic hydroxyl groups excluding tert-OH is 1. The zero-order valence-corrected chi connectivity index (χ0v) is 14.6. The van der Waals surface area contributed by atoms with Crippen molar-refractivity contribution in [3.05, 3.63) is 0 Å². The summed E-state index contributed by atoms with van der Waals surface area (Å²) >= 11 is 0. The molecule has 0 fully saturated rings. The second kappa shape index (κ2) is 10.6. The first-order chi connectivity index (χ1) is 11.5. The van der Waals surface area contributed by atoms with Gasteiger partial charge in [0.25, 0.3) is 0 Å². The number of carboxylic acids is 2. The molecule has 0 aromatic heterocycles. The lowest BCUT2D eigenvalue weighted by atomic mass is 10.0. The summed E-state index contributed by atoms with van der Waals surface area (Å²) < 4.78 is 0. The summed E-state index contributed by atoms with van der Waals surface area (Å²) in [5.41, 5.74) is 5.52. The number of rotatable bonds is 11. The third-order valence-electron chi connectivity index (χ3n) is 3.42. The highest BCUT2D eigenvalue weighted by molar-refractivity contribution is 5.92. The van der Waals surface area contributed by atoms with Gasteiger partial charge < -0.3 is 31.7 Å². The normalized spacial score (nSPS) is 15.8. The Morgan fingerprint density at radius 3 is 1.88 bits per heavy atom. The predicted octanol–water partition coefficient (Wildman–Crippen LogP) is -1.34. The molecule has 2 amide bonds. The summed E-state index contributed by atoms with van der Waals surface area (Å²) in [6.07, 6.45) is -1.61. The number of aliphatic carboxylic acids is 2. The van der Waals surface area contributed by atoms with Crippen molar-refractivity contribution in [2.45, 2.75) is 64.3 Å². The van der Waals surface area contributed by atoms with Crippen LogP contribution in [0.15, 0.2) is 0 Å². The second-order valence-electron chi connectivity index (χ2n) is 6.29. The summed E-state index contributed by atoms with van der Waals surface area (Å²) in [6, 6.07) is -3.67. The molecule has 25 heavy (non-hydrogen) atoms. The summed E-state index contributed by atoms with van der Waals surface area (Å²) in [5, 5.41) is 31.7. The predicted molar refractivity (Wildman–Crippen MR) is 87.5 cm³/mol. The number of nitrogens with one attached hydrogen (secondary N) is 2. The Morgan fingerprint density at radius 1 is 0.960 bits per heavy atom. The van der Waals surface area contributed by atoms with E-state index >= 15 is 0 Å². The molecule has 0 aliphatic carbocycles. The van der Waals surface area contributed by atoms with Gasteiger partial charge in [0, 0.05) is 6.42 Å². The van der Waals surface area contributed by atoms with E-state index in [1.54, 1.807) is 13.8 Å². The Kier molecular flexibility index (Phi) is 9.69. The van der Waals surface area contributed by atoms with Crippen LogP contribution in [-0.4, -0.2) is 63.3 Å². The average Bonchev–Trinajstić information content (AvgIpc) is 2.48. The van der Waals surface area contributed by atoms with Crippen molar-refractivity contribution in [3.63, 3.8) is 0 Å². The molecule has 0 aliphatic rings. The Bertz CT molecular complexity index is 494. The maximum absolute atomic E-state index is 12.3. The maximum Gasteiger partial charge on any atom is 0.326 e. The van der Waals surface area contributed by atoms with Gasteiger partial charge in [0.05, 0.1) is 6.10 Å². The van der Waals surface area contributed by atoms with E-state index in [1.165, 1.54) is 6.92 Å². The number of hydrogen-bond acceptors (Lipinski definition) is 6. The third kappa shape index (κ3) is 9.01. The quantitative estimate of drug-likeness (QED) is 0.261. The van der Waals surface area contributed by atoms with Gasteiger partial charge in [0.2, 0.25) is 11.8 Å². The van der Waals surface area contributed by atoms with E-state index in [-0.39, 0.29) is 18.8 Å². The fourth-order valence-corrected chi connectivity index (χ4v) is 1.99. The molecular formula is C15H27N3O7. The van der Waals surface area contributed by atoms with Gasteiger partial charge in [-0.05, 0) is 25.7 Å². The standard InChI is InChI=1S/C15H27N3O7/c1-7(2)6-10(18-14(23)12(16)8(3)19)13(22)17-9(15(24)25)4-5-11(20)21/h7-10,12,19H,4-6,16H2,1-3H3,(H,17,22)(H,18,23)(H,20,21)(H,24,25). The van der Waals surface area contributed by atoms with Crippen molar-refractivity contribution in [1.29, 1.82) is 0 Å². The molecule has 0 spiro atoms. The van der Waals surface area contributed by atoms with Crippen LogP contribution in [0.4, 0.5) is 0 Å². The molecular weight excluding hydrogens is 334 g/mol. The minimum Gasteiger partial charge on any atom is -0.481 e. The van der Waals surface area contributed by atoms with E-state index in [9.17, 15) is 24.3 Å². The van der Waals surface area contributed by atoms with Crippen LogP contribution in [0.2, 0.25) is 0 Å². The van der Waals surface area contributed by atoms with Crippen LogP contribution in [0.5, 0.6) is 0 Å². The zero-order valence-electron chi connectivity index (χ0n) is 14.6. The lowest BCUT2D eigenvalue weighted by molar-refractivity contribution is -0.143. The van der Waals surface area contributed by atoms with Gasteiger partial charge in [0.1, 0.15) is 18.1 Å². The molecule has 0 aliphatic heterocycles. The Labute approximate surface area is 145 Å². The molecule has 10 nitrogen and oxygen atoms in total. The highest BCUT2D eigenvalue weighted by Crippen LogP contribution is 2.07. The van der Waals surface area contributed by atoms with Crippen molar-refractivity contribution in [2.75, 3.05) is 0 Å². The van der Waals surface area contributed by atoms with E-state index < -0.39 is 54.4 Å². The minimum absolute atomic E-state index is 0.00104. The van der Waals surface area contributed by atoms with Crippen molar-refractivity contribution in [3.8, 4) is 0 Å². The Hall–Kier alpha value is -2.20. The van der Waals surface area contributed by atoms with Gasteiger partial charge in [0.15, 0.2) is 0 Å². The SMILES string of the molecule is CC(C)CC(NC(=O)C(N)C(C)O)C(=O)NC(CCC(=O)O)C(=O)O. The smallest absolute Gasteiger partial charge is 0.326 e. The Balaban J connectivity index is 5.05. The minimum atomic E-state index is -1.39. The van der Waals surface area contributed by atoms with E-state index in [1.807, 2.05) is 0 Å². The summed E-state index contributed by atoms with van der Waals surface area (Å²) in [7, 11) is 0. The van der Waals surface area contributed by atoms with Crippen LogP contribution in [0, 0.1) is 5.92 Å². The van der Waals surface area contributed by atoms with Gasteiger partial charge in [-0.2, -0.15) is 0 Å². The number of nitrogens with two attached hydrogens (primary N) is 1. The maximum atomic E-state index is 12.3. The first-order valence-corrected chi connectivity index (χ1v) is 7.94. The monoisotopic (exact) mass is 361 g/mol. The second-order valence-corrected chi connectivity index (χ2v) is 6.29. The van der Waals surface area contributed by atoms with Gasteiger partial charge in [-0.25, -0.2) is 4.79 Å². The van der Waals surface area contributed by atoms with E-state index in [4.69, 9.17) is 15.9 Å². The molecule has 0 radical (unpaired) electrons. The summed E-state index contributed by atoms with van der Waals surface area (Å²) in [4.78, 5) is 46.0. The Morgan fingerprint density at radius 2 is 1.48 bits per heavy atom. The van der Waals surface area contributed by atoms with Crippen molar-refractivity contribution in [1.82, 2.24) is 10.6 Å². The number of carbonyl (C=O) groups is 4. The lowest BCUT2D eigenvalue weighted by Crippen LogP contribution is -2.56. The van der Waals surface area contributed by atoms with Gasteiger partial charge in [-0.1, -0.05) is 13.8 Å². The molecule has 4 unspecified atom stereocenters. The highest BCUT2D eigenvalue weighted by atomic mass is 16.4. The molecule has 10 heteroatoms. The summed E-state index contributed by atoms with van der Waals surface area (Å²) in [5.74, 6) is -4.05. The summed E-state index contributed by atoms with van der Waals surface area (Å²) in [6.45, 7) is 4.94. The molecule has 0 heterocycles. The van der Waals surface area contributed by atoms with Gasteiger partial charge in [-0.15, -0.1) is 0 Å². The average molecular weight is 361 g/mol. The van der Waals surface area contributed by atoms with Crippen LogP contribution < -0.4 is 16.4 Å². The molecule has 4 atom stereocenters. The molecule has 144 valence electrons. The van der Waals surface area contributed by atoms with E-state index in [0.717, 1.165) is 0 Å². The van der Waals surface area contributed by atoms with Gasteiger partial charge in [-0.3, -0.25) is 14.4 Å². The lowest BCUT2D eigenvalue weighted by Gasteiger charge is -2.24. The third-order valence-corrected chi connectivity index (χ3v) is 3.42. The van der Waals surface area contributed by atoms with E-state index in [0.29, 0.717) is 0 Å². The van der Waals surface area contributed by atoms with Crippen LogP contribution in [0.1, 0.15) is 40.0 Å². The van der Waals surface area contributed by atoms with Crippen molar-refractivity contribution < 1.29 is 34.5 Å². The number of hydrogen-bond donors (Lipinski definition) is 6. The number of carboxylic acid groups (broad SMARTS) is 2. The first-order valence-electron chi connectivity index (χ1n) is 7.94. The topological polar surface area (TPSA) is 179 Å². The molecule has 0 aromatic carbocycles. The van der Waals surface area contributed by atoms with Crippen molar-refractivity contribution >= 4 is 23.8 Å². The van der Waals surface area contributed by atoms with Crippen LogP contribution >= 0.6 is 0 Å². The van der Waals surface area contributed by atoms with Crippen LogP contribution in [-0.2, 0) is 19.2 Å². The molecule has 0 saturated carbocycles. The van der Waals surface area contributed by atoms with Crippen LogP contribution in [0.25, 0.3) is 0 Å². The fraction of sp³-hybridized carbons (Fsp3) is 0.733. The molecule has 0 aromatic rings. The number of aliphatic hydroxyl groups is 1. The first kappa shape index (κ1) is 22.8. The largest absolute Gasteiger partial charge is 0.481 e. The number of amides is 2. The van der Waals surface area contributed by atoms with Gasteiger partial charge >= 0.3 is 11.9 Å². The molecule has 0 bridgehead atoms. The van der Waals surface area contributed by atoms with Crippen LogP contribution in [0.3, 0.4) is 0 Å². The van der Waals surface area contributed by atoms with Crippen molar-refractivity contribution in [2.24, 2.45) is 11.7 Å². The number of carbonyl (C=O) groups excluding carboxylic acids is 2.